The highest BCUT2D eigenvalue weighted by Crippen LogP contribution is 2.27. The minimum atomic E-state index is -0.907. The molecule has 2 aromatic rings. The van der Waals surface area contributed by atoms with E-state index in [1.807, 2.05) is 0 Å². The summed E-state index contributed by atoms with van der Waals surface area (Å²) in [6.07, 6.45) is -0.139. The van der Waals surface area contributed by atoms with Gasteiger partial charge in [-0.2, -0.15) is 0 Å². The summed E-state index contributed by atoms with van der Waals surface area (Å²) in [4.78, 5) is 38.3. The molecule has 3 N–H and O–H groups in total. The van der Waals surface area contributed by atoms with Crippen LogP contribution in [0.25, 0.3) is 11.1 Å². The average molecular weight is 385 g/mol. The minimum absolute atomic E-state index is 0.139. The van der Waals surface area contributed by atoms with E-state index in [4.69, 9.17) is 0 Å². The number of amides is 3. The lowest BCUT2D eigenvalue weighted by Gasteiger charge is -2.34. The van der Waals surface area contributed by atoms with Gasteiger partial charge in [0.2, 0.25) is 11.8 Å². The third kappa shape index (κ3) is 3.95. The van der Waals surface area contributed by atoms with Crippen molar-refractivity contribution < 1.29 is 23.9 Å². The first kappa shape index (κ1) is 19.3. The lowest BCUT2D eigenvalue weighted by atomic mass is 10.0. The molecule has 8 heteroatoms. The number of hydrogen-bond acceptors (Lipinski definition) is 4. The second-order valence-electron chi connectivity index (χ2n) is 6.43. The molecular weight excluding hydrogens is 365 g/mol. The van der Waals surface area contributed by atoms with E-state index in [0.29, 0.717) is 12.1 Å². The van der Waals surface area contributed by atoms with Gasteiger partial charge in [-0.15, -0.1) is 0 Å². The number of carbonyl (C=O) groups excluding carboxylic acids is 3. The number of halogens is 1. The van der Waals surface area contributed by atoms with Crippen LogP contribution in [0.1, 0.15) is 16.8 Å². The lowest BCUT2D eigenvalue weighted by Crippen LogP contribution is -2.58. The molecule has 1 heterocycles. The van der Waals surface area contributed by atoms with Crippen molar-refractivity contribution in [3.63, 3.8) is 0 Å². The zero-order chi connectivity index (χ0) is 20.3. The molecule has 3 rings (SSSR count). The molecule has 0 aromatic heterocycles. The summed E-state index contributed by atoms with van der Waals surface area (Å²) in [6.45, 7) is 0.561. The van der Waals surface area contributed by atoms with E-state index in [9.17, 15) is 23.9 Å². The number of benzene rings is 2. The van der Waals surface area contributed by atoms with E-state index in [0.717, 1.165) is 6.07 Å². The van der Waals surface area contributed by atoms with E-state index < -0.39 is 17.8 Å². The van der Waals surface area contributed by atoms with Crippen molar-refractivity contribution in [3.05, 3.63) is 53.8 Å². The van der Waals surface area contributed by atoms with E-state index in [1.54, 1.807) is 18.2 Å². The molecular formula is C20H20FN3O4. The largest absolute Gasteiger partial charge is 0.508 e. The van der Waals surface area contributed by atoms with Crippen LogP contribution >= 0.6 is 0 Å². The first-order valence-corrected chi connectivity index (χ1v) is 8.79. The molecule has 0 aliphatic carbocycles. The van der Waals surface area contributed by atoms with Gasteiger partial charge >= 0.3 is 0 Å². The Labute approximate surface area is 161 Å². The monoisotopic (exact) mass is 385 g/mol. The fraction of sp³-hybridized carbons (Fsp3) is 0.250. The summed E-state index contributed by atoms with van der Waals surface area (Å²) >= 11 is 0. The third-order valence-corrected chi connectivity index (χ3v) is 4.62. The highest BCUT2D eigenvalue weighted by molar-refractivity contribution is 6.00. The van der Waals surface area contributed by atoms with Crippen molar-refractivity contribution in [2.75, 3.05) is 20.1 Å². The van der Waals surface area contributed by atoms with Crippen molar-refractivity contribution in [3.8, 4) is 16.9 Å². The molecule has 7 nitrogen and oxygen atoms in total. The number of phenolic OH excluding ortho intramolecular Hbond substituents is 1. The summed E-state index contributed by atoms with van der Waals surface area (Å²) in [5, 5.41) is 14.5. The predicted octanol–water partition coefficient (Wildman–Crippen LogP) is 1.28. The second kappa shape index (κ2) is 8.08. The Morgan fingerprint density at radius 3 is 2.79 bits per heavy atom. The second-order valence-corrected chi connectivity index (χ2v) is 6.43. The normalized spacial score (nSPS) is 16.4. The Kier molecular flexibility index (Phi) is 5.58. The Bertz CT molecular complexity index is 931. The molecule has 0 unspecified atom stereocenters. The van der Waals surface area contributed by atoms with Gasteiger partial charge in [-0.25, -0.2) is 4.39 Å². The van der Waals surface area contributed by atoms with Gasteiger partial charge in [0.1, 0.15) is 17.6 Å². The number of hydrogen-bond donors (Lipinski definition) is 3. The van der Waals surface area contributed by atoms with Gasteiger partial charge in [-0.1, -0.05) is 12.1 Å². The molecule has 1 aliphatic heterocycles. The summed E-state index contributed by atoms with van der Waals surface area (Å²) in [5.74, 6) is -1.95. The Hall–Kier alpha value is -3.42. The molecule has 1 saturated heterocycles. The number of nitrogens with zero attached hydrogens (tertiary/aromatic N) is 1. The number of carbonyl (C=O) groups is 3. The van der Waals surface area contributed by atoms with Gasteiger partial charge < -0.3 is 20.6 Å². The van der Waals surface area contributed by atoms with Crippen LogP contribution in [-0.2, 0) is 9.59 Å². The maximum Gasteiger partial charge on any atom is 0.254 e. The van der Waals surface area contributed by atoms with E-state index >= 15 is 0 Å². The standard InChI is InChI=1S/C20H20FN3O4/c1-22-18(26)11-17-19(27)23-7-8-24(17)20(28)13-4-2-3-12(9-13)15-6-5-14(25)10-16(15)21/h2-6,9-10,17,25H,7-8,11H2,1H3,(H,22,26)(H,23,27)/t17-/m1/s1. The molecule has 146 valence electrons. The predicted molar refractivity (Wildman–Crippen MR) is 100 cm³/mol. The SMILES string of the molecule is CNC(=O)C[C@@H]1C(=O)NCCN1C(=O)c1cccc(-c2ccc(O)cc2F)c1. The molecule has 2 aromatic carbocycles. The van der Waals surface area contributed by atoms with Crippen LogP contribution in [0.5, 0.6) is 5.75 Å². The number of piperazine rings is 1. The first-order valence-electron chi connectivity index (χ1n) is 8.79. The fourth-order valence-electron chi connectivity index (χ4n) is 3.16. The first-order chi connectivity index (χ1) is 13.4. The number of nitrogens with one attached hydrogen (secondary N) is 2. The van der Waals surface area contributed by atoms with E-state index in [2.05, 4.69) is 10.6 Å². The van der Waals surface area contributed by atoms with Gasteiger partial charge in [-0.05, 0) is 29.8 Å². The van der Waals surface area contributed by atoms with Crippen LogP contribution in [0.15, 0.2) is 42.5 Å². The van der Waals surface area contributed by atoms with Gasteiger partial charge in [0.15, 0.2) is 0 Å². The van der Waals surface area contributed by atoms with Crippen LogP contribution in [0.2, 0.25) is 0 Å². The van der Waals surface area contributed by atoms with Gasteiger partial charge in [0.05, 0.1) is 6.42 Å². The molecule has 0 spiro atoms. The molecule has 1 aliphatic rings. The lowest BCUT2D eigenvalue weighted by molar-refractivity contribution is -0.132. The topological polar surface area (TPSA) is 98.7 Å². The molecule has 28 heavy (non-hydrogen) atoms. The van der Waals surface area contributed by atoms with Crippen molar-refractivity contribution >= 4 is 17.7 Å². The maximum atomic E-state index is 14.2. The number of rotatable bonds is 4. The Morgan fingerprint density at radius 1 is 1.29 bits per heavy atom. The van der Waals surface area contributed by atoms with Crippen molar-refractivity contribution in [1.82, 2.24) is 15.5 Å². The van der Waals surface area contributed by atoms with Crippen LogP contribution < -0.4 is 10.6 Å². The summed E-state index contributed by atoms with van der Waals surface area (Å²) in [7, 11) is 1.46. The molecule has 0 bridgehead atoms. The van der Waals surface area contributed by atoms with Crippen LogP contribution in [0.4, 0.5) is 4.39 Å². The van der Waals surface area contributed by atoms with Crippen LogP contribution in [0.3, 0.4) is 0 Å². The highest BCUT2D eigenvalue weighted by atomic mass is 19.1. The van der Waals surface area contributed by atoms with Crippen molar-refractivity contribution in [2.45, 2.75) is 12.5 Å². The molecule has 1 fully saturated rings. The van der Waals surface area contributed by atoms with E-state index in [1.165, 1.54) is 30.1 Å². The third-order valence-electron chi connectivity index (χ3n) is 4.62. The number of aromatic hydroxyl groups is 1. The average Bonchev–Trinajstić information content (AvgIpc) is 2.69. The van der Waals surface area contributed by atoms with Gasteiger partial charge in [-0.3, -0.25) is 14.4 Å². The molecule has 0 saturated carbocycles. The maximum absolute atomic E-state index is 14.2. The van der Waals surface area contributed by atoms with E-state index in [-0.39, 0.29) is 41.7 Å². The number of phenols is 1. The highest BCUT2D eigenvalue weighted by Gasteiger charge is 2.35. The van der Waals surface area contributed by atoms with Gasteiger partial charge in [0, 0.05) is 37.3 Å². The zero-order valence-electron chi connectivity index (χ0n) is 15.2. The van der Waals surface area contributed by atoms with Crippen LogP contribution in [-0.4, -0.2) is 53.9 Å². The van der Waals surface area contributed by atoms with Crippen molar-refractivity contribution in [2.24, 2.45) is 0 Å². The fourth-order valence-corrected chi connectivity index (χ4v) is 3.16. The molecule has 1 atom stereocenters. The quantitative estimate of drug-likeness (QED) is 0.738. The molecule has 3 amide bonds. The van der Waals surface area contributed by atoms with Gasteiger partial charge in [0.25, 0.3) is 5.91 Å². The summed E-state index contributed by atoms with van der Waals surface area (Å²) in [5.41, 5.74) is 0.986. The zero-order valence-corrected chi connectivity index (χ0v) is 15.2. The smallest absolute Gasteiger partial charge is 0.254 e. The Balaban J connectivity index is 1.91. The summed E-state index contributed by atoms with van der Waals surface area (Å²) in [6, 6.07) is 9.25. The summed E-state index contributed by atoms with van der Waals surface area (Å²) < 4.78 is 14.2. The minimum Gasteiger partial charge on any atom is -0.508 e. The molecule has 0 radical (unpaired) electrons. The van der Waals surface area contributed by atoms with Crippen molar-refractivity contribution in [1.29, 1.82) is 0 Å². The Morgan fingerprint density at radius 2 is 2.07 bits per heavy atom. The van der Waals surface area contributed by atoms with Crippen LogP contribution in [0, 0.1) is 5.82 Å².